The van der Waals surface area contributed by atoms with Crippen LogP contribution in [0.4, 0.5) is 0 Å². The summed E-state index contributed by atoms with van der Waals surface area (Å²) in [6, 6.07) is 0. The van der Waals surface area contributed by atoms with Gasteiger partial charge in [0.05, 0.1) is 13.2 Å². The second kappa shape index (κ2) is 6.44. The van der Waals surface area contributed by atoms with E-state index in [1.54, 1.807) is 6.92 Å². The first-order valence-electron chi connectivity index (χ1n) is 4.96. The van der Waals surface area contributed by atoms with Crippen LogP contribution in [0.5, 0.6) is 0 Å². The van der Waals surface area contributed by atoms with Gasteiger partial charge in [0.25, 0.3) is 0 Å². The summed E-state index contributed by atoms with van der Waals surface area (Å²) in [4.78, 5) is 11.6. The average Bonchev–Trinajstić information content (AvgIpc) is 2.15. The second-order valence-electron chi connectivity index (χ2n) is 3.36. The molecule has 0 radical (unpaired) electrons. The number of carbonyl (C=O) groups excluding carboxylic acids is 1. The quantitative estimate of drug-likeness (QED) is 0.515. The van der Waals surface area contributed by atoms with Gasteiger partial charge in [-0.1, -0.05) is 19.3 Å². The first kappa shape index (κ1) is 13.0. The summed E-state index contributed by atoms with van der Waals surface area (Å²) in [7, 11) is 0. The van der Waals surface area contributed by atoms with E-state index in [1.807, 2.05) is 13.8 Å². The van der Waals surface area contributed by atoms with E-state index < -0.39 is 5.54 Å². The van der Waals surface area contributed by atoms with Crippen molar-refractivity contribution in [2.24, 2.45) is 0 Å². The van der Waals surface area contributed by atoms with Crippen LogP contribution >= 0.6 is 0 Å². The number of ether oxygens (including phenoxy) is 1. The second-order valence-corrected chi connectivity index (χ2v) is 3.36. The number of nitrogens with one attached hydrogen (secondary N) is 1. The molecule has 0 rings (SSSR count). The number of hydrogen-bond acceptors (Lipinski definition) is 3. The third-order valence-electron chi connectivity index (χ3n) is 2.06. The molecule has 14 heavy (non-hydrogen) atoms. The molecule has 3 heteroatoms. The Hall–Kier alpha value is -1.01. The molecule has 80 valence electrons. The molecule has 0 aliphatic carbocycles. The minimum absolute atomic E-state index is 0.225. The molecule has 0 bridgehead atoms. The highest BCUT2D eigenvalue weighted by molar-refractivity contribution is 5.80. The van der Waals surface area contributed by atoms with Crippen molar-refractivity contribution in [3.8, 4) is 12.3 Å². The zero-order valence-electron chi connectivity index (χ0n) is 9.22. The normalized spacial score (nSPS) is 14.1. The van der Waals surface area contributed by atoms with E-state index in [-0.39, 0.29) is 5.97 Å². The van der Waals surface area contributed by atoms with Gasteiger partial charge in [-0.2, -0.15) is 0 Å². The Kier molecular flexibility index (Phi) is 5.98. The lowest BCUT2D eigenvalue weighted by atomic mass is 9.96. The van der Waals surface area contributed by atoms with Crippen LogP contribution in [0, 0.1) is 12.3 Å². The summed E-state index contributed by atoms with van der Waals surface area (Å²) < 4.78 is 4.99. The average molecular weight is 197 g/mol. The molecule has 0 heterocycles. The van der Waals surface area contributed by atoms with Gasteiger partial charge in [0.2, 0.25) is 0 Å². The Morgan fingerprint density at radius 3 is 2.64 bits per heavy atom. The highest BCUT2D eigenvalue weighted by atomic mass is 16.5. The lowest BCUT2D eigenvalue weighted by Crippen LogP contribution is -2.50. The van der Waals surface area contributed by atoms with Gasteiger partial charge in [-0.3, -0.25) is 10.1 Å². The van der Waals surface area contributed by atoms with Crippen LogP contribution in [0.25, 0.3) is 0 Å². The van der Waals surface area contributed by atoms with Gasteiger partial charge in [0.15, 0.2) is 0 Å². The Labute approximate surface area is 86.2 Å². The highest BCUT2D eigenvalue weighted by Gasteiger charge is 2.32. The maximum Gasteiger partial charge on any atom is 0.326 e. The van der Waals surface area contributed by atoms with Crippen molar-refractivity contribution < 1.29 is 9.53 Å². The van der Waals surface area contributed by atoms with Gasteiger partial charge >= 0.3 is 5.97 Å². The minimum atomic E-state index is -0.642. The van der Waals surface area contributed by atoms with Crippen molar-refractivity contribution in [2.75, 3.05) is 13.2 Å². The van der Waals surface area contributed by atoms with Gasteiger partial charge in [-0.05, 0) is 20.3 Å². The Balaban J connectivity index is 4.37. The fourth-order valence-corrected chi connectivity index (χ4v) is 1.30. The van der Waals surface area contributed by atoms with Crippen LogP contribution in [-0.4, -0.2) is 24.7 Å². The molecule has 3 nitrogen and oxygen atoms in total. The summed E-state index contributed by atoms with van der Waals surface area (Å²) in [6.07, 6.45) is 6.78. The maximum absolute atomic E-state index is 11.6. The number of rotatable bonds is 6. The summed E-state index contributed by atoms with van der Waals surface area (Å²) >= 11 is 0. The first-order chi connectivity index (χ1) is 6.60. The topological polar surface area (TPSA) is 38.3 Å². The lowest BCUT2D eigenvalue weighted by molar-refractivity contribution is -0.150. The molecule has 0 saturated heterocycles. The largest absolute Gasteiger partial charge is 0.465 e. The molecule has 0 aromatic heterocycles. The fraction of sp³-hybridized carbons (Fsp3) is 0.727. The molecule has 1 atom stereocenters. The van der Waals surface area contributed by atoms with Crippen LogP contribution in [0.1, 0.15) is 33.6 Å². The maximum atomic E-state index is 11.6. The molecular formula is C11H19NO2. The van der Waals surface area contributed by atoms with Gasteiger partial charge in [-0.15, -0.1) is 6.42 Å². The fourth-order valence-electron chi connectivity index (χ4n) is 1.30. The highest BCUT2D eigenvalue weighted by Crippen LogP contribution is 2.14. The van der Waals surface area contributed by atoms with Crippen molar-refractivity contribution >= 4 is 5.97 Å². The Bertz CT molecular complexity index is 220. The SMILES string of the molecule is C#CCNC(C)(CCC)C(=O)OCC. The minimum Gasteiger partial charge on any atom is -0.465 e. The van der Waals surface area contributed by atoms with E-state index >= 15 is 0 Å². The monoisotopic (exact) mass is 197 g/mol. The Morgan fingerprint density at radius 1 is 1.57 bits per heavy atom. The number of terminal acetylenes is 1. The van der Waals surface area contributed by atoms with Crippen LogP contribution in [0.15, 0.2) is 0 Å². The van der Waals surface area contributed by atoms with Gasteiger partial charge < -0.3 is 4.74 Å². The van der Waals surface area contributed by atoms with Crippen molar-refractivity contribution in [3.63, 3.8) is 0 Å². The van der Waals surface area contributed by atoms with E-state index in [9.17, 15) is 4.79 Å². The first-order valence-corrected chi connectivity index (χ1v) is 4.96. The van der Waals surface area contributed by atoms with Crippen molar-refractivity contribution in [3.05, 3.63) is 0 Å². The van der Waals surface area contributed by atoms with E-state index in [4.69, 9.17) is 11.2 Å². The van der Waals surface area contributed by atoms with Crippen LogP contribution < -0.4 is 5.32 Å². The lowest BCUT2D eigenvalue weighted by Gasteiger charge is -2.27. The number of esters is 1. The van der Waals surface area contributed by atoms with E-state index in [1.165, 1.54) is 0 Å². The molecule has 0 aromatic rings. The summed E-state index contributed by atoms with van der Waals surface area (Å²) in [6.45, 7) is 6.43. The van der Waals surface area contributed by atoms with Crippen LogP contribution in [-0.2, 0) is 9.53 Å². The summed E-state index contributed by atoms with van der Waals surface area (Å²) in [5.74, 6) is 2.23. The molecule has 0 fully saturated rings. The Morgan fingerprint density at radius 2 is 2.21 bits per heavy atom. The predicted octanol–water partition coefficient (Wildman–Crippen LogP) is 1.33. The van der Waals surface area contributed by atoms with E-state index in [0.29, 0.717) is 13.2 Å². The van der Waals surface area contributed by atoms with Gasteiger partial charge in [0, 0.05) is 0 Å². The molecule has 0 amide bonds. The molecule has 1 unspecified atom stereocenters. The smallest absolute Gasteiger partial charge is 0.326 e. The molecular weight excluding hydrogens is 178 g/mol. The zero-order valence-corrected chi connectivity index (χ0v) is 9.22. The molecule has 0 aliphatic heterocycles. The van der Waals surface area contributed by atoms with Crippen LogP contribution in [0.2, 0.25) is 0 Å². The predicted molar refractivity (Wildman–Crippen MR) is 56.8 cm³/mol. The molecule has 0 spiro atoms. The molecule has 1 N–H and O–H groups in total. The molecule has 0 aliphatic rings. The third-order valence-corrected chi connectivity index (χ3v) is 2.06. The van der Waals surface area contributed by atoms with Crippen molar-refractivity contribution in [2.45, 2.75) is 39.2 Å². The van der Waals surface area contributed by atoms with Gasteiger partial charge in [0.1, 0.15) is 5.54 Å². The van der Waals surface area contributed by atoms with Crippen molar-refractivity contribution in [1.82, 2.24) is 5.32 Å². The van der Waals surface area contributed by atoms with Gasteiger partial charge in [-0.25, -0.2) is 0 Å². The molecule has 0 saturated carbocycles. The van der Waals surface area contributed by atoms with E-state index in [2.05, 4.69) is 11.2 Å². The standard InChI is InChI=1S/C11H19NO2/c1-5-8-11(4,12-9-6-2)10(13)14-7-3/h2,12H,5,7-9H2,1,3-4H3. The number of hydrogen-bond donors (Lipinski definition) is 1. The van der Waals surface area contributed by atoms with Crippen molar-refractivity contribution in [1.29, 1.82) is 0 Å². The number of carbonyl (C=O) groups is 1. The van der Waals surface area contributed by atoms with E-state index in [0.717, 1.165) is 12.8 Å². The van der Waals surface area contributed by atoms with Crippen LogP contribution in [0.3, 0.4) is 0 Å². The zero-order chi connectivity index (χ0) is 11.0. The summed E-state index contributed by atoms with van der Waals surface area (Å²) in [5, 5.41) is 3.02. The summed E-state index contributed by atoms with van der Waals surface area (Å²) in [5.41, 5.74) is -0.642. The third kappa shape index (κ3) is 3.80. The molecule has 0 aromatic carbocycles.